The summed E-state index contributed by atoms with van der Waals surface area (Å²) in [4.78, 5) is 18.5. The Morgan fingerprint density at radius 2 is 1.79 bits per heavy atom. The van der Waals surface area contributed by atoms with Gasteiger partial charge in [0.25, 0.3) is 5.91 Å². The number of anilines is 1. The molecule has 1 amide bonds. The number of thiophene rings is 1. The second-order valence-electron chi connectivity index (χ2n) is 8.45. The average molecular weight is 492 g/mol. The highest BCUT2D eigenvalue weighted by Crippen LogP contribution is 2.43. The first kappa shape index (κ1) is 24.5. The Labute approximate surface area is 201 Å². The molecule has 0 bridgehead atoms. The van der Waals surface area contributed by atoms with E-state index in [1.165, 1.54) is 17.6 Å². The van der Waals surface area contributed by atoms with Crippen molar-refractivity contribution in [2.24, 2.45) is 0 Å². The van der Waals surface area contributed by atoms with Gasteiger partial charge in [0.15, 0.2) is 5.76 Å². The van der Waals surface area contributed by atoms with Gasteiger partial charge in [0.1, 0.15) is 5.00 Å². The molecular weight excluding hydrogens is 463 g/mol. The third-order valence-corrected chi connectivity index (χ3v) is 7.59. The Morgan fingerprint density at radius 1 is 1.12 bits per heavy atom. The van der Waals surface area contributed by atoms with Gasteiger partial charge in [-0.25, -0.2) is 0 Å². The van der Waals surface area contributed by atoms with Crippen LogP contribution in [0.3, 0.4) is 0 Å². The number of rotatable bonds is 6. The van der Waals surface area contributed by atoms with E-state index in [2.05, 4.69) is 22.0 Å². The molecule has 0 radical (unpaired) electrons. The predicted octanol–water partition coefficient (Wildman–Crippen LogP) is 5.96. The molecule has 1 saturated heterocycles. The van der Waals surface area contributed by atoms with Crippen molar-refractivity contribution in [2.75, 3.05) is 38.0 Å². The van der Waals surface area contributed by atoms with Crippen LogP contribution in [0.5, 0.6) is 0 Å². The molecule has 5 nitrogen and oxygen atoms in total. The maximum absolute atomic E-state index is 13.2. The Bertz CT molecular complexity index is 1120. The number of amides is 1. The molecule has 9 heteroatoms. The van der Waals surface area contributed by atoms with Crippen LogP contribution in [-0.4, -0.2) is 48.4 Å². The number of carbonyl (C=O) groups excluding carboxylic acids is 1. The monoisotopic (exact) mass is 491 g/mol. The summed E-state index contributed by atoms with van der Waals surface area (Å²) in [6.07, 6.45) is -2.95. The topological polar surface area (TPSA) is 48.7 Å². The highest BCUT2D eigenvalue weighted by Gasteiger charge is 2.34. The quantitative estimate of drug-likeness (QED) is 0.463. The summed E-state index contributed by atoms with van der Waals surface area (Å²) in [5.41, 5.74) is 2.05. The standard InChI is InChI=1S/C25H28F3N3O2S/c1-4-30-11-13-31(14-12-30)22(18-7-9-19(10-8-18)25(26,27)28)21-16(2)17(3)34-24(21)29-23(32)20-6-5-15-33-20/h5-10,15,22H,4,11-14H2,1-3H3,(H,29,32)/t22-/m1/s1. The molecule has 182 valence electrons. The highest BCUT2D eigenvalue weighted by molar-refractivity contribution is 7.16. The molecule has 2 aromatic heterocycles. The van der Waals surface area contributed by atoms with Gasteiger partial charge in [0.2, 0.25) is 0 Å². The minimum atomic E-state index is -4.39. The van der Waals surface area contributed by atoms with E-state index in [0.29, 0.717) is 5.00 Å². The highest BCUT2D eigenvalue weighted by atomic mass is 32.1. The molecule has 1 aliphatic heterocycles. The van der Waals surface area contributed by atoms with Crippen molar-refractivity contribution in [3.05, 3.63) is 75.6 Å². The van der Waals surface area contributed by atoms with E-state index in [1.807, 2.05) is 13.8 Å². The lowest BCUT2D eigenvalue weighted by atomic mass is 9.93. The number of carbonyl (C=O) groups is 1. The fraction of sp³-hybridized carbons (Fsp3) is 0.400. The third-order valence-electron chi connectivity index (χ3n) is 6.45. The van der Waals surface area contributed by atoms with E-state index in [-0.39, 0.29) is 17.7 Å². The van der Waals surface area contributed by atoms with Crippen LogP contribution in [0.1, 0.15) is 50.7 Å². The van der Waals surface area contributed by atoms with Crippen LogP contribution in [0.15, 0.2) is 47.1 Å². The first-order chi connectivity index (χ1) is 16.2. The maximum Gasteiger partial charge on any atom is 0.416 e. The molecule has 4 rings (SSSR count). The van der Waals surface area contributed by atoms with Gasteiger partial charge in [-0.1, -0.05) is 19.1 Å². The number of nitrogens with one attached hydrogen (secondary N) is 1. The van der Waals surface area contributed by atoms with Crippen LogP contribution in [0, 0.1) is 13.8 Å². The first-order valence-electron chi connectivity index (χ1n) is 11.3. The number of nitrogens with zero attached hydrogens (tertiary/aromatic N) is 2. The number of halogens is 3. The first-order valence-corrected chi connectivity index (χ1v) is 12.1. The lowest BCUT2D eigenvalue weighted by Crippen LogP contribution is -2.47. The van der Waals surface area contributed by atoms with Gasteiger partial charge in [-0.15, -0.1) is 11.3 Å². The fourth-order valence-corrected chi connectivity index (χ4v) is 5.48. The zero-order valence-corrected chi connectivity index (χ0v) is 20.2. The number of hydrogen-bond donors (Lipinski definition) is 1. The van der Waals surface area contributed by atoms with E-state index in [1.54, 1.807) is 24.3 Å². The summed E-state index contributed by atoms with van der Waals surface area (Å²) in [5.74, 6) is -0.147. The molecule has 0 unspecified atom stereocenters. The zero-order valence-electron chi connectivity index (χ0n) is 19.4. The smallest absolute Gasteiger partial charge is 0.416 e. The summed E-state index contributed by atoms with van der Waals surface area (Å²) in [6, 6.07) is 8.37. The van der Waals surface area contributed by atoms with Crippen LogP contribution >= 0.6 is 11.3 Å². The maximum atomic E-state index is 13.2. The molecule has 0 spiro atoms. The van der Waals surface area contributed by atoms with Gasteiger partial charge in [-0.05, 0) is 55.8 Å². The zero-order chi connectivity index (χ0) is 24.5. The van der Waals surface area contributed by atoms with Crippen molar-refractivity contribution in [1.29, 1.82) is 0 Å². The van der Waals surface area contributed by atoms with E-state index >= 15 is 0 Å². The summed E-state index contributed by atoms with van der Waals surface area (Å²) in [5, 5.41) is 3.68. The van der Waals surface area contributed by atoms with Crippen LogP contribution in [0.4, 0.5) is 18.2 Å². The van der Waals surface area contributed by atoms with Crippen LogP contribution in [-0.2, 0) is 6.18 Å². The molecular formula is C25H28F3N3O2S. The number of furan rings is 1. The molecule has 1 aliphatic rings. The number of likely N-dealkylation sites (N-methyl/N-ethyl adjacent to an activating group) is 1. The number of aryl methyl sites for hydroxylation is 1. The van der Waals surface area contributed by atoms with Gasteiger partial charge in [-0.3, -0.25) is 9.69 Å². The lowest BCUT2D eigenvalue weighted by molar-refractivity contribution is -0.137. The van der Waals surface area contributed by atoms with Crippen molar-refractivity contribution < 1.29 is 22.4 Å². The van der Waals surface area contributed by atoms with Gasteiger partial charge in [-0.2, -0.15) is 13.2 Å². The minimum absolute atomic E-state index is 0.206. The van der Waals surface area contributed by atoms with Crippen LogP contribution in [0.25, 0.3) is 0 Å². The molecule has 1 N–H and O–H groups in total. The molecule has 3 aromatic rings. The molecule has 1 atom stereocenters. The average Bonchev–Trinajstić information content (AvgIpc) is 3.44. The summed E-state index contributed by atoms with van der Waals surface area (Å²) in [7, 11) is 0. The number of piperazine rings is 1. The Kier molecular flexibility index (Phi) is 7.16. The van der Waals surface area contributed by atoms with Gasteiger partial charge in [0.05, 0.1) is 17.9 Å². The van der Waals surface area contributed by atoms with Crippen molar-refractivity contribution in [1.82, 2.24) is 9.80 Å². The number of alkyl halides is 3. The SMILES string of the molecule is CCN1CCN([C@H](c2ccc(C(F)(F)F)cc2)c2c(NC(=O)c3ccco3)sc(C)c2C)CC1. The predicted molar refractivity (Wildman–Crippen MR) is 127 cm³/mol. The van der Waals surface area contributed by atoms with Gasteiger partial charge < -0.3 is 14.6 Å². The largest absolute Gasteiger partial charge is 0.459 e. The van der Waals surface area contributed by atoms with E-state index in [4.69, 9.17) is 4.42 Å². The minimum Gasteiger partial charge on any atom is -0.459 e. The van der Waals surface area contributed by atoms with Crippen LogP contribution in [0.2, 0.25) is 0 Å². The molecule has 34 heavy (non-hydrogen) atoms. The van der Waals surface area contributed by atoms with Gasteiger partial charge in [0, 0.05) is 36.6 Å². The second kappa shape index (κ2) is 9.93. The van der Waals surface area contributed by atoms with E-state index in [0.717, 1.165) is 66.4 Å². The molecule has 0 saturated carbocycles. The molecule has 3 heterocycles. The Morgan fingerprint density at radius 3 is 2.35 bits per heavy atom. The summed E-state index contributed by atoms with van der Waals surface area (Å²) in [6.45, 7) is 10.4. The van der Waals surface area contributed by atoms with E-state index < -0.39 is 11.7 Å². The van der Waals surface area contributed by atoms with Crippen molar-refractivity contribution in [3.8, 4) is 0 Å². The number of hydrogen-bond acceptors (Lipinski definition) is 5. The Balaban J connectivity index is 1.75. The molecule has 0 aliphatic carbocycles. The second-order valence-corrected chi connectivity index (χ2v) is 9.67. The fourth-order valence-electron chi connectivity index (χ4n) is 4.39. The van der Waals surface area contributed by atoms with Gasteiger partial charge >= 0.3 is 6.18 Å². The Hall–Kier alpha value is -2.62. The number of benzene rings is 1. The van der Waals surface area contributed by atoms with Crippen molar-refractivity contribution in [2.45, 2.75) is 33.0 Å². The van der Waals surface area contributed by atoms with Crippen molar-refractivity contribution >= 4 is 22.2 Å². The molecule has 1 fully saturated rings. The normalized spacial score (nSPS) is 16.5. The van der Waals surface area contributed by atoms with E-state index in [9.17, 15) is 18.0 Å². The summed E-state index contributed by atoms with van der Waals surface area (Å²) < 4.78 is 44.9. The van der Waals surface area contributed by atoms with Crippen molar-refractivity contribution in [3.63, 3.8) is 0 Å². The van der Waals surface area contributed by atoms with Crippen LogP contribution < -0.4 is 5.32 Å². The molecule has 1 aromatic carbocycles. The third kappa shape index (κ3) is 5.06. The summed E-state index contributed by atoms with van der Waals surface area (Å²) >= 11 is 1.48. The lowest BCUT2D eigenvalue weighted by Gasteiger charge is -2.40.